The van der Waals surface area contributed by atoms with Crippen LogP contribution in [0.4, 0.5) is 10.5 Å². The normalized spacial score (nSPS) is 10.3. The van der Waals surface area contributed by atoms with Crippen LogP contribution in [0.25, 0.3) is 0 Å². The Bertz CT molecular complexity index is 426. The van der Waals surface area contributed by atoms with E-state index in [2.05, 4.69) is 21.2 Å². The largest absolute Gasteiger partial charge is 0.395 e. The standard InChI is InChI=1S/C13H19BrN2O3/c1-10-3-4-11(9-12(10)14)15-13(18)16(5-7-17)6-8-19-2/h3-4,9,17H,5-8H2,1-2H3,(H,15,18). The first-order valence-corrected chi connectivity index (χ1v) is 6.79. The van der Waals surface area contributed by atoms with Gasteiger partial charge in [0.1, 0.15) is 0 Å². The molecule has 106 valence electrons. The maximum absolute atomic E-state index is 12.0. The number of rotatable bonds is 6. The van der Waals surface area contributed by atoms with E-state index in [1.807, 2.05) is 25.1 Å². The molecule has 0 radical (unpaired) electrons. The molecule has 5 nitrogen and oxygen atoms in total. The average Bonchev–Trinajstić information content (AvgIpc) is 2.38. The van der Waals surface area contributed by atoms with Crippen molar-refractivity contribution in [3.63, 3.8) is 0 Å². The molecule has 0 aromatic heterocycles. The number of aryl methyl sites for hydroxylation is 1. The SMILES string of the molecule is COCCN(CCO)C(=O)Nc1ccc(C)c(Br)c1. The number of carbonyl (C=O) groups is 1. The highest BCUT2D eigenvalue weighted by atomic mass is 79.9. The fourth-order valence-corrected chi connectivity index (χ4v) is 1.89. The van der Waals surface area contributed by atoms with Crippen LogP contribution in [0.2, 0.25) is 0 Å². The van der Waals surface area contributed by atoms with Gasteiger partial charge in [-0.2, -0.15) is 0 Å². The first kappa shape index (κ1) is 15.9. The van der Waals surface area contributed by atoms with Crippen LogP contribution in [0.1, 0.15) is 5.56 Å². The van der Waals surface area contributed by atoms with Gasteiger partial charge < -0.3 is 20.1 Å². The predicted octanol–water partition coefficient (Wildman–Crippen LogP) is 2.23. The minimum atomic E-state index is -0.248. The Morgan fingerprint density at radius 3 is 2.79 bits per heavy atom. The number of anilines is 1. The molecule has 0 unspecified atom stereocenters. The van der Waals surface area contributed by atoms with Crippen molar-refractivity contribution in [1.82, 2.24) is 4.90 Å². The van der Waals surface area contributed by atoms with Crippen molar-refractivity contribution in [3.8, 4) is 0 Å². The maximum Gasteiger partial charge on any atom is 0.322 e. The van der Waals surface area contributed by atoms with Gasteiger partial charge >= 0.3 is 6.03 Å². The lowest BCUT2D eigenvalue weighted by Crippen LogP contribution is -2.39. The highest BCUT2D eigenvalue weighted by Crippen LogP contribution is 2.20. The van der Waals surface area contributed by atoms with E-state index in [0.29, 0.717) is 18.8 Å². The summed E-state index contributed by atoms with van der Waals surface area (Å²) in [5.74, 6) is 0. The lowest BCUT2D eigenvalue weighted by Gasteiger charge is -2.22. The van der Waals surface area contributed by atoms with E-state index >= 15 is 0 Å². The van der Waals surface area contributed by atoms with Crippen LogP contribution in [0.5, 0.6) is 0 Å². The number of benzene rings is 1. The fourth-order valence-electron chi connectivity index (χ4n) is 1.51. The smallest absolute Gasteiger partial charge is 0.322 e. The highest BCUT2D eigenvalue weighted by Gasteiger charge is 2.12. The van der Waals surface area contributed by atoms with Crippen molar-refractivity contribution >= 4 is 27.6 Å². The van der Waals surface area contributed by atoms with Gasteiger partial charge in [0.2, 0.25) is 0 Å². The number of ether oxygens (including phenoxy) is 1. The van der Waals surface area contributed by atoms with Crippen molar-refractivity contribution in [2.24, 2.45) is 0 Å². The third kappa shape index (κ3) is 5.18. The van der Waals surface area contributed by atoms with Gasteiger partial charge in [-0.25, -0.2) is 4.79 Å². The number of nitrogens with zero attached hydrogens (tertiary/aromatic N) is 1. The van der Waals surface area contributed by atoms with Gasteiger partial charge in [-0.3, -0.25) is 0 Å². The number of aliphatic hydroxyl groups excluding tert-OH is 1. The maximum atomic E-state index is 12.0. The Hall–Kier alpha value is -1.11. The number of hydrogen-bond acceptors (Lipinski definition) is 3. The van der Waals surface area contributed by atoms with Gasteiger partial charge in [0.15, 0.2) is 0 Å². The highest BCUT2D eigenvalue weighted by molar-refractivity contribution is 9.10. The van der Waals surface area contributed by atoms with Gasteiger partial charge in [-0.1, -0.05) is 22.0 Å². The molecule has 0 saturated heterocycles. The van der Waals surface area contributed by atoms with E-state index in [-0.39, 0.29) is 19.2 Å². The molecule has 1 aromatic rings. The lowest BCUT2D eigenvalue weighted by atomic mass is 10.2. The molecule has 2 amide bonds. The van der Waals surface area contributed by atoms with Crippen molar-refractivity contribution in [2.75, 3.05) is 38.7 Å². The monoisotopic (exact) mass is 330 g/mol. The Morgan fingerprint density at radius 1 is 1.47 bits per heavy atom. The summed E-state index contributed by atoms with van der Waals surface area (Å²) < 4.78 is 5.88. The second-order valence-electron chi connectivity index (χ2n) is 4.10. The van der Waals surface area contributed by atoms with Crippen LogP contribution < -0.4 is 5.32 Å². The van der Waals surface area contributed by atoms with Crippen LogP contribution in [-0.2, 0) is 4.74 Å². The summed E-state index contributed by atoms with van der Waals surface area (Å²) in [7, 11) is 1.58. The van der Waals surface area contributed by atoms with Crippen LogP contribution in [0.3, 0.4) is 0 Å². The van der Waals surface area contributed by atoms with Crippen LogP contribution in [0.15, 0.2) is 22.7 Å². The van der Waals surface area contributed by atoms with E-state index in [1.165, 1.54) is 4.90 Å². The Balaban J connectivity index is 2.66. The lowest BCUT2D eigenvalue weighted by molar-refractivity contribution is 0.142. The third-order valence-corrected chi connectivity index (χ3v) is 3.50. The number of aliphatic hydroxyl groups is 1. The zero-order valence-electron chi connectivity index (χ0n) is 11.1. The first-order chi connectivity index (χ1) is 9.08. The Kier molecular flexibility index (Phi) is 6.83. The number of nitrogens with one attached hydrogen (secondary N) is 1. The second kappa shape index (κ2) is 8.14. The molecule has 1 aromatic carbocycles. The molecule has 0 bridgehead atoms. The van der Waals surface area contributed by atoms with Crippen molar-refractivity contribution in [2.45, 2.75) is 6.92 Å². The predicted molar refractivity (Wildman–Crippen MR) is 78.4 cm³/mol. The van der Waals surface area contributed by atoms with Crippen molar-refractivity contribution < 1.29 is 14.6 Å². The molecule has 6 heteroatoms. The average molecular weight is 331 g/mol. The van der Waals surface area contributed by atoms with E-state index in [1.54, 1.807) is 7.11 Å². The molecule has 2 N–H and O–H groups in total. The van der Waals surface area contributed by atoms with Crippen molar-refractivity contribution in [1.29, 1.82) is 0 Å². The number of methoxy groups -OCH3 is 1. The molecule has 19 heavy (non-hydrogen) atoms. The summed E-state index contributed by atoms with van der Waals surface area (Å²) >= 11 is 3.42. The summed E-state index contributed by atoms with van der Waals surface area (Å²) in [4.78, 5) is 13.5. The molecule has 1 rings (SSSR count). The molecule has 0 spiro atoms. The molecule has 0 aliphatic heterocycles. The molecule has 0 saturated carbocycles. The Labute approximate surface area is 121 Å². The quantitative estimate of drug-likeness (QED) is 0.840. The second-order valence-corrected chi connectivity index (χ2v) is 4.95. The first-order valence-electron chi connectivity index (χ1n) is 6.00. The molecule has 0 aliphatic rings. The number of amides is 2. The molecule has 0 fully saturated rings. The zero-order valence-corrected chi connectivity index (χ0v) is 12.7. The number of urea groups is 1. The van der Waals surface area contributed by atoms with E-state index < -0.39 is 0 Å². The van der Waals surface area contributed by atoms with E-state index in [0.717, 1.165) is 10.0 Å². The van der Waals surface area contributed by atoms with E-state index in [9.17, 15) is 4.79 Å². The van der Waals surface area contributed by atoms with Gasteiger partial charge in [0.05, 0.1) is 13.2 Å². The minimum Gasteiger partial charge on any atom is -0.395 e. The number of hydrogen-bond donors (Lipinski definition) is 2. The van der Waals surface area contributed by atoms with Gasteiger partial charge in [0, 0.05) is 30.4 Å². The van der Waals surface area contributed by atoms with Gasteiger partial charge in [0.25, 0.3) is 0 Å². The molecule has 0 aliphatic carbocycles. The molecule has 0 heterocycles. The summed E-state index contributed by atoms with van der Waals surface area (Å²) in [5.41, 5.74) is 1.81. The summed E-state index contributed by atoms with van der Waals surface area (Å²) in [5, 5.41) is 11.8. The molecule has 0 atom stereocenters. The summed E-state index contributed by atoms with van der Waals surface area (Å²) in [6, 6.07) is 5.36. The fraction of sp³-hybridized carbons (Fsp3) is 0.462. The Morgan fingerprint density at radius 2 is 2.21 bits per heavy atom. The van der Waals surface area contributed by atoms with Crippen LogP contribution in [-0.4, -0.2) is 49.5 Å². The van der Waals surface area contributed by atoms with Crippen LogP contribution in [0, 0.1) is 6.92 Å². The van der Waals surface area contributed by atoms with Gasteiger partial charge in [-0.05, 0) is 24.6 Å². The summed E-state index contributed by atoms with van der Waals surface area (Å²) in [6.45, 7) is 3.06. The van der Waals surface area contributed by atoms with E-state index in [4.69, 9.17) is 9.84 Å². The molecular weight excluding hydrogens is 312 g/mol. The van der Waals surface area contributed by atoms with Gasteiger partial charge in [-0.15, -0.1) is 0 Å². The molecular formula is C13H19BrN2O3. The zero-order chi connectivity index (χ0) is 14.3. The minimum absolute atomic E-state index is 0.0747. The number of carbonyl (C=O) groups excluding carboxylic acids is 1. The number of halogens is 1. The topological polar surface area (TPSA) is 61.8 Å². The summed E-state index contributed by atoms with van der Waals surface area (Å²) in [6.07, 6.45) is 0. The van der Waals surface area contributed by atoms with Crippen molar-refractivity contribution in [3.05, 3.63) is 28.2 Å². The third-order valence-electron chi connectivity index (χ3n) is 2.65. The van der Waals surface area contributed by atoms with Crippen LogP contribution >= 0.6 is 15.9 Å².